The molecule has 1 fully saturated rings. The van der Waals surface area contributed by atoms with Gasteiger partial charge in [0.2, 0.25) is 10.0 Å². The average Bonchev–Trinajstić information content (AvgIpc) is 3.21. The van der Waals surface area contributed by atoms with Gasteiger partial charge in [-0.2, -0.15) is 0 Å². The molecule has 7 nitrogen and oxygen atoms in total. The molecule has 0 N–H and O–H groups in total. The maximum absolute atomic E-state index is 12.4. The van der Waals surface area contributed by atoms with Crippen molar-refractivity contribution in [2.75, 3.05) is 46.9 Å². The summed E-state index contributed by atoms with van der Waals surface area (Å²) in [4.78, 5) is 8.47. The van der Waals surface area contributed by atoms with E-state index in [0.717, 1.165) is 61.1 Å². The molecule has 32 heavy (non-hydrogen) atoms. The van der Waals surface area contributed by atoms with Crippen LogP contribution < -0.4 is 4.80 Å². The molecule has 0 unspecified atom stereocenters. The molecular formula is C23H28N4O3S2. The van der Waals surface area contributed by atoms with E-state index in [-0.39, 0.29) is 4.90 Å². The van der Waals surface area contributed by atoms with Gasteiger partial charge in [-0.15, -0.1) is 11.3 Å². The van der Waals surface area contributed by atoms with E-state index in [0.29, 0.717) is 0 Å². The lowest BCUT2D eigenvalue weighted by atomic mass is 10.2. The molecule has 1 aromatic heterocycles. The second kappa shape index (κ2) is 10.1. The second-order valence-corrected chi connectivity index (χ2v) is 10.8. The summed E-state index contributed by atoms with van der Waals surface area (Å²) in [6.07, 6.45) is 0. The molecule has 4 rings (SSSR count). The first-order valence-electron chi connectivity index (χ1n) is 10.6. The predicted molar refractivity (Wildman–Crippen MR) is 128 cm³/mol. The Labute approximate surface area is 193 Å². The van der Waals surface area contributed by atoms with Crippen LogP contribution in [-0.4, -0.2) is 69.1 Å². The first kappa shape index (κ1) is 22.9. The predicted octanol–water partition coefficient (Wildman–Crippen LogP) is 3.03. The van der Waals surface area contributed by atoms with Gasteiger partial charge in [-0.05, 0) is 29.8 Å². The monoisotopic (exact) mass is 472 g/mol. The number of benzene rings is 2. The third-order valence-corrected chi connectivity index (χ3v) is 8.14. The van der Waals surface area contributed by atoms with E-state index >= 15 is 0 Å². The van der Waals surface area contributed by atoms with Crippen molar-refractivity contribution in [3.8, 4) is 11.3 Å². The zero-order valence-electron chi connectivity index (χ0n) is 18.3. The van der Waals surface area contributed by atoms with Crippen molar-refractivity contribution in [1.82, 2.24) is 13.8 Å². The van der Waals surface area contributed by atoms with Gasteiger partial charge >= 0.3 is 0 Å². The second-order valence-electron chi connectivity index (χ2n) is 7.77. The minimum absolute atomic E-state index is 0.288. The summed E-state index contributed by atoms with van der Waals surface area (Å²) in [5, 5.41) is 2.09. The van der Waals surface area contributed by atoms with Crippen LogP contribution >= 0.6 is 11.3 Å². The average molecular weight is 473 g/mol. The van der Waals surface area contributed by atoms with Gasteiger partial charge < -0.3 is 9.30 Å². The minimum atomic E-state index is -3.45. The smallest absolute Gasteiger partial charge is 0.242 e. The Morgan fingerprint density at radius 3 is 2.34 bits per heavy atom. The molecule has 0 radical (unpaired) electrons. The summed E-state index contributed by atoms with van der Waals surface area (Å²) in [5.41, 5.74) is 2.91. The zero-order chi connectivity index (χ0) is 22.6. The van der Waals surface area contributed by atoms with Crippen LogP contribution in [0.3, 0.4) is 0 Å². The van der Waals surface area contributed by atoms with Gasteiger partial charge in [-0.1, -0.05) is 30.3 Å². The third-order valence-electron chi connectivity index (χ3n) is 5.45. The standard InChI is InChI=1S/C23H28N4O3S2/c1-25(2)32(28,29)21-10-8-19(9-11-21)22-18-31-23(24-20-6-4-3-5-7-20)27(22)13-12-26-14-16-30-17-15-26/h3-11,18H,12-17H2,1-2H3. The Balaban J connectivity index is 1.69. The van der Waals surface area contributed by atoms with E-state index in [1.165, 1.54) is 4.31 Å². The van der Waals surface area contributed by atoms with Crippen LogP contribution in [0, 0.1) is 0 Å². The van der Waals surface area contributed by atoms with Crippen molar-refractivity contribution in [1.29, 1.82) is 0 Å². The zero-order valence-corrected chi connectivity index (χ0v) is 20.0. The lowest BCUT2D eigenvalue weighted by molar-refractivity contribution is 0.0363. The van der Waals surface area contributed by atoms with E-state index < -0.39 is 10.0 Å². The molecule has 1 aliphatic rings. The Bertz CT molecular complexity index is 1190. The van der Waals surface area contributed by atoms with Crippen LogP contribution in [0.1, 0.15) is 0 Å². The highest BCUT2D eigenvalue weighted by atomic mass is 32.2. The van der Waals surface area contributed by atoms with Gasteiger partial charge in [-0.3, -0.25) is 4.90 Å². The van der Waals surface area contributed by atoms with Crippen LogP contribution in [0.15, 0.2) is 69.9 Å². The number of para-hydroxylation sites is 1. The lowest BCUT2D eigenvalue weighted by Gasteiger charge is -2.26. The molecule has 1 saturated heterocycles. The molecule has 0 saturated carbocycles. The first-order valence-corrected chi connectivity index (χ1v) is 12.9. The van der Waals surface area contributed by atoms with Crippen LogP contribution in [0.5, 0.6) is 0 Å². The van der Waals surface area contributed by atoms with Gasteiger partial charge in [0.05, 0.1) is 29.5 Å². The van der Waals surface area contributed by atoms with Crippen LogP contribution in [-0.2, 0) is 21.3 Å². The van der Waals surface area contributed by atoms with Crippen LogP contribution in [0.25, 0.3) is 11.3 Å². The third kappa shape index (κ3) is 5.19. The number of hydrogen-bond acceptors (Lipinski definition) is 6. The number of morpholine rings is 1. The Morgan fingerprint density at radius 1 is 1.00 bits per heavy atom. The molecule has 2 aromatic carbocycles. The summed E-state index contributed by atoms with van der Waals surface area (Å²) in [7, 11) is -0.373. The van der Waals surface area contributed by atoms with Gasteiger partial charge in [0, 0.05) is 45.7 Å². The molecule has 1 aliphatic heterocycles. The minimum Gasteiger partial charge on any atom is -0.379 e. The molecule has 0 bridgehead atoms. The highest BCUT2D eigenvalue weighted by molar-refractivity contribution is 7.89. The topological polar surface area (TPSA) is 67.1 Å². The fourth-order valence-corrected chi connectivity index (χ4v) is 5.41. The first-order chi connectivity index (χ1) is 15.4. The van der Waals surface area contributed by atoms with Crippen molar-refractivity contribution in [2.45, 2.75) is 11.4 Å². The van der Waals surface area contributed by atoms with E-state index in [9.17, 15) is 8.42 Å². The van der Waals surface area contributed by atoms with Gasteiger partial charge in [0.15, 0.2) is 4.80 Å². The summed E-state index contributed by atoms with van der Waals surface area (Å²) < 4.78 is 33.8. The number of nitrogens with zero attached hydrogens (tertiary/aromatic N) is 4. The summed E-state index contributed by atoms with van der Waals surface area (Å²) >= 11 is 1.59. The van der Waals surface area contributed by atoms with Gasteiger partial charge in [0.25, 0.3) is 0 Å². The number of rotatable bonds is 7. The van der Waals surface area contributed by atoms with Gasteiger partial charge in [0.1, 0.15) is 0 Å². The number of thiazole rings is 1. The Hall–Kier alpha value is -2.30. The molecule has 9 heteroatoms. The maximum atomic E-state index is 12.4. The van der Waals surface area contributed by atoms with E-state index in [1.54, 1.807) is 37.6 Å². The molecule has 3 aromatic rings. The number of aromatic nitrogens is 1. The molecule has 0 amide bonds. The van der Waals surface area contributed by atoms with Crippen molar-refractivity contribution in [3.05, 3.63) is 64.8 Å². The van der Waals surface area contributed by atoms with Crippen LogP contribution in [0.2, 0.25) is 0 Å². The Morgan fingerprint density at radius 2 is 1.69 bits per heavy atom. The highest BCUT2D eigenvalue weighted by Crippen LogP contribution is 2.24. The van der Waals surface area contributed by atoms with Crippen molar-refractivity contribution >= 4 is 27.0 Å². The van der Waals surface area contributed by atoms with E-state index in [2.05, 4.69) is 14.8 Å². The largest absolute Gasteiger partial charge is 0.379 e. The quantitative estimate of drug-likeness (QED) is 0.530. The number of sulfonamides is 1. The fourth-order valence-electron chi connectivity index (χ4n) is 3.55. The maximum Gasteiger partial charge on any atom is 0.242 e. The van der Waals surface area contributed by atoms with E-state index in [1.807, 2.05) is 42.5 Å². The molecule has 170 valence electrons. The number of hydrogen-bond donors (Lipinski definition) is 0. The van der Waals surface area contributed by atoms with Gasteiger partial charge in [-0.25, -0.2) is 17.7 Å². The summed E-state index contributed by atoms with van der Waals surface area (Å²) in [6.45, 7) is 5.10. The summed E-state index contributed by atoms with van der Waals surface area (Å²) in [6, 6.07) is 17.0. The molecule has 0 spiro atoms. The van der Waals surface area contributed by atoms with E-state index in [4.69, 9.17) is 9.73 Å². The molecule has 0 atom stereocenters. The van der Waals surface area contributed by atoms with Crippen molar-refractivity contribution in [3.63, 3.8) is 0 Å². The highest BCUT2D eigenvalue weighted by Gasteiger charge is 2.18. The Kier molecular flexibility index (Phi) is 7.22. The number of ether oxygens (including phenoxy) is 1. The summed E-state index contributed by atoms with van der Waals surface area (Å²) in [5.74, 6) is 0. The van der Waals surface area contributed by atoms with Crippen molar-refractivity contribution in [2.24, 2.45) is 4.99 Å². The molecular weight excluding hydrogens is 444 g/mol. The molecule has 2 heterocycles. The van der Waals surface area contributed by atoms with Crippen LogP contribution in [0.4, 0.5) is 5.69 Å². The fraction of sp³-hybridized carbons (Fsp3) is 0.348. The SMILES string of the molecule is CN(C)S(=O)(=O)c1ccc(-c2csc(=Nc3ccccc3)n2CCN2CCOCC2)cc1. The molecule has 0 aliphatic carbocycles. The lowest BCUT2D eigenvalue weighted by Crippen LogP contribution is -2.39. The van der Waals surface area contributed by atoms with Crippen molar-refractivity contribution < 1.29 is 13.2 Å². The normalized spacial score (nSPS) is 16.0.